The number of imide groups is 1. The van der Waals surface area contributed by atoms with Gasteiger partial charge >= 0.3 is 6.03 Å². The summed E-state index contributed by atoms with van der Waals surface area (Å²) in [5.41, 5.74) is -0.168. The molecule has 2 aliphatic rings. The van der Waals surface area contributed by atoms with E-state index in [9.17, 15) is 14.4 Å². The van der Waals surface area contributed by atoms with Gasteiger partial charge in [0.05, 0.1) is 5.54 Å². The van der Waals surface area contributed by atoms with E-state index in [-0.39, 0.29) is 23.9 Å². The molecular weight excluding hydrogens is 318 g/mol. The lowest BCUT2D eigenvalue weighted by Gasteiger charge is -2.43. The van der Waals surface area contributed by atoms with Crippen molar-refractivity contribution in [2.45, 2.75) is 57.0 Å². The Labute approximate surface area is 148 Å². The smallest absolute Gasteiger partial charge is 0.325 e. The first kappa shape index (κ1) is 17.5. The Morgan fingerprint density at radius 1 is 1.16 bits per heavy atom. The summed E-state index contributed by atoms with van der Waals surface area (Å²) in [5.74, 6) is -0.602. The lowest BCUT2D eigenvalue weighted by molar-refractivity contribution is -0.136. The summed E-state index contributed by atoms with van der Waals surface area (Å²) >= 11 is 0. The van der Waals surface area contributed by atoms with Crippen molar-refractivity contribution in [2.75, 3.05) is 6.54 Å². The topological polar surface area (TPSA) is 78.5 Å². The van der Waals surface area contributed by atoms with E-state index in [4.69, 9.17) is 0 Å². The number of urea groups is 1. The number of hydrogen-bond acceptors (Lipinski definition) is 3. The van der Waals surface area contributed by atoms with Gasteiger partial charge in [-0.25, -0.2) is 4.79 Å². The summed E-state index contributed by atoms with van der Waals surface area (Å²) in [5, 5.41) is 5.82. The minimum Gasteiger partial charge on any atom is -0.345 e. The fourth-order valence-electron chi connectivity index (χ4n) is 3.77. The molecule has 1 aliphatic carbocycles. The first-order chi connectivity index (χ1) is 12.0. The Hall–Kier alpha value is -2.37. The molecule has 1 heterocycles. The zero-order valence-corrected chi connectivity index (χ0v) is 14.8. The van der Waals surface area contributed by atoms with E-state index in [0.29, 0.717) is 12.8 Å². The Balaban J connectivity index is 1.71. The number of nitrogens with one attached hydrogen (secondary N) is 2. The predicted molar refractivity (Wildman–Crippen MR) is 93.7 cm³/mol. The van der Waals surface area contributed by atoms with Gasteiger partial charge in [0.25, 0.3) is 5.91 Å². The fourth-order valence-corrected chi connectivity index (χ4v) is 3.77. The Kier molecular flexibility index (Phi) is 4.54. The number of amides is 4. The molecule has 0 aromatic heterocycles. The van der Waals surface area contributed by atoms with Crippen molar-refractivity contribution in [1.82, 2.24) is 15.5 Å². The number of carbonyl (C=O) groups excluding carboxylic acids is 3. The van der Waals surface area contributed by atoms with E-state index >= 15 is 0 Å². The number of hydrogen-bond donors (Lipinski definition) is 2. The SMILES string of the molecule is CCC1(CC)NC(=O)N(CC(=O)NC2(c3ccccc3)CCC2)C1=O. The second kappa shape index (κ2) is 6.50. The standard InChI is InChI=1S/C19H25N3O3/c1-3-18(4-2)16(24)22(17(25)21-18)13-15(23)20-19(11-8-12-19)14-9-6-5-7-10-14/h5-7,9-10H,3-4,8,11-13H2,1-2H3,(H,20,23)(H,21,25). The maximum absolute atomic E-state index is 12.6. The Bertz CT molecular complexity index is 678. The molecule has 3 rings (SSSR count). The number of rotatable bonds is 6. The van der Waals surface area contributed by atoms with Crippen molar-refractivity contribution in [3.63, 3.8) is 0 Å². The van der Waals surface area contributed by atoms with Gasteiger partial charge in [-0.05, 0) is 37.7 Å². The first-order valence-electron chi connectivity index (χ1n) is 8.97. The van der Waals surface area contributed by atoms with Crippen LogP contribution in [0.3, 0.4) is 0 Å². The maximum atomic E-state index is 12.6. The molecule has 6 nitrogen and oxygen atoms in total. The van der Waals surface area contributed by atoms with Gasteiger partial charge in [-0.15, -0.1) is 0 Å². The molecule has 0 radical (unpaired) electrons. The van der Waals surface area contributed by atoms with Crippen molar-refractivity contribution in [3.05, 3.63) is 35.9 Å². The molecule has 6 heteroatoms. The molecule has 1 aromatic carbocycles. The van der Waals surface area contributed by atoms with Crippen molar-refractivity contribution >= 4 is 17.8 Å². The summed E-state index contributed by atoms with van der Waals surface area (Å²) < 4.78 is 0. The van der Waals surface area contributed by atoms with Crippen LogP contribution in [0.5, 0.6) is 0 Å². The van der Waals surface area contributed by atoms with Crippen LogP contribution in [0.4, 0.5) is 4.79 Å². The molecular formula is C19H25N3O3. The third-order valence-corrected chi connectivity index (χ3v) is 5.67. The van der Waals surface area contributed by atoms with Gasteiger partial charge in [0.2, 0.25) is 5.91 Å². The van der Waals surface area contributed by atoms with Crippen molar-refractivity contribution in [1.29, 1.82) is 0 Å². The second-order valence-electron chi connectivity index (χ2n) is 6.96. The van der Waals surface area contributed by atoms with E-state index < -0.39 is 11.6 Å². The second-order valence-corrected chi connectivity index (χ2v) is 6.96. The largest absolute Gasteiger partial charge is 0.345 e. The van der Waals surface area contributed by atoms with Gasteiger partial charge in [-0.1, -0.05) is 44.2 Å². The molecule has 0 unspecified atom stereocenters. The van der Waals surface area contributed by atoms with E-state index in [0.717, 1.165) is 29.7 Å². The molecule has 2 fully saturated rings. The Morgan fingerprint density at radius 3 is 2.28 bits per heavy atom. The third-order valence-electron chi connectivity index (χ3n) is 5.67. The van der Waals surface area contributed by atoms with Crippen LogP contribution in [0.25, 0.3) is 0 Å². The van der Waals surface area contributed by atoms with E-state index in [1.807, 2.05) is 44.2 Å². The van der Waals surface area contributed by atoms with Crippen LogP contribution in [0.2, 0.25) is 0 Å². The predicted octanol–water partition coefficient (Wildman–Crippen LogP) is 2.29. The van der Waals surface area contributed by atoms with Crippen molar-refractivity contribution in [2.24, 2.45) is 0 Å². The number of nitrogens with zero attached hydrogens (tertiary/aromatic N) is 1. The molecule has 0 spiro atoms. The zero-order chi connectivity index (χ0) is 18.1. The van der Waals surface area contributed by atoms with Gasteiger partial charge < -0.3 is 10.6 Å². The minimum atomic E-state index is -0.870. The molecule has 1 saturated carbocycles. The van der Waals surface area contributed by atoms with Gasteiger partial charge in [-0.3, -0.25) is 14.5 Å². The molecule has 2 N–H and O–H groups in total. The van der Waals surface area contributed by atoms with Gasteiger partial charge in [0.1, 0.15) is 12.1 Å². The van der Waals surface area contributed by atoms with E-state index in [2.05, 4.69) is 10.6 Å². The lowest BCUT2D eigenvalue weighted by atomic mass is 9.72. The van der Waals surface area contributed by atoms with Gasteiger partial charge in [0, 0.05) is 0 Å². The van der Waals surface area contributed by atoms with Crippen LogP contribution in [0, 0.1) is 0 Å². The van der Waals surface area contributed by atoms with Gasteiger partial charge in [0.15, 0.2) is 0 Å². The molecule has 0 bridgehead atoms. The highest BCUT2D eigenvalue weighted by atomic mass is 16.2. The normalized spacial score (nSPS) is 20.8. The lowest BCUT2D eigenvalue weighted by Crippen LogP contribution is -2.54. The first-order valence-corrected chi connectivity index (χ1v) is 8.97. The molecule has 4 amide bonds. The highest BCUT2D eigenvalue weighted by Gasteiger charge is 2.49. The average molecular weight is 343 g/mol. The van der Waals surface area contributed by atoms with Crippen LogP contribution >= 0.6 is 0 Å². The van der Waals surface area contributed by atoms with Crippen molar-refractivity contribution < 1.29 is 14.4 Å². The molecule has 1 aliphatic heterocycles. The van der Waals surface area contributed by atoms with Gasteiger partial charge in [-0.2, -0.15) is 0 Å². The summed E-state index contributed by atoms with van der Waals surface area (Å²) in [7, 11) is 0. The third kappa shape index (κ3) is 2.90. The van der Waals surface area contributed by atoms with Crippen LogP contribution in [0.15, 0.2) is 30.3 Å². The molecule has 134 valence electrons. The van der Waals surface area contributed by atoms with E-state index in [1.54, 1.807) is 0 Å². The highest BCUT2D eigenvalue weighted by molar-refractivity contribution is 6.09. The zero-order valence-electron chi connectivity index (χ0n) is 14.8. The van der Waals surface area contributed by atoms with Crippen LogP contribution in [-0.2, 0) is 15.1 Å². The Morgan fingerprint density at radius 2 is 1.80 bits per heavy atom. The molecule has 0 atom stereocenters. The number of benzene rings is 1. The monoisotopic (exact) mass is 343 g/mol. The summed E-state index contributed by atoms with van der Waals surface area (Å²) in [4.78, 5) is 38.4. The average Bonchev–Trinajstić information content (AvgIpc) is 2.83. The van der Waals surface area contributed by atoms with Crippen LogP contribution in [0.1, 0.15) is 51.5 Å². The maximum Gasteiger partial charge on any atom is 0.325 e. The van der Waals surface area contributed by atoms with E-state index in [1.165, 1.54) is 0 Å². The minimum absolute atomic E-state index is 0.235. The quantitative estimate of drug-likeness (QED) is 0.778. The molecule has 1 aromatic rings. The number of carbonyl (C=O) groups is 3. The summed E-state index contributed by atoms with van der Waals surface area (Å²) in [6, 6.07) is 9.39. The highest BCUT2D eigenvalue weighted by Crippen LogP contribution is 2.41. The van der Waals surface area contributed by atoms with Crippen LogP contribution in [-0.4, -0.2) is 34.8 Å². The summed E-state index contributed by atoms with van der Waals surface area (Å²) in [6.45, 7) is 3.50. The van der Waals surface area contributed by atoms with Crippen molar-refractivity contribution in [3.8, 4) is 0 Å². The summed E-state index contributed by atoms with van der Waals surface area (Å²) in [6.07, 6.45) is 3.82. The van der Waals surface area contributed by atoms with Crippen LogP contribution < -0.4 is 10.6 Å². The fraction of sp³-hybridized carbons (Fsp3) is 0.526. The molecule has 25 heavy (non-hydrogen) atoms. The molecule has 1 saturated heterocycles.